The number of nitrogens with zero attached hydrogens (tertiary/aromatic N) is 3. The molecule has 1 fully saturated rings. The molecular weight excluding hydrogens is 200 g/mol. The van der Waals surface area contributed by atoms with Crippen molar-refractivity contribution in [3.8, 4) is 0 Å². The van der Waals surface area contributed by atoms with Crippen molar-refractivity contribution in [1.82, 2.24) is 20.2 Å². The van der Waals surface area contributed by atoms with Crippen LogP contribution in [0.3, 0.4) is 0 Å². The van der Waals surface area contributed by atoms with Gasteiger partial charge in [0.15, 0.2) is 0 Å². The van der Waals surface area contributed by atoms with Crippen LogP contribution in [0.25, 0.3) is 0 Å². The Bertz CT molecular complexity index is 301. The minimum Gasteiger partial charge on any atom is -0.316 e. The van der Waals surface area contributed by atoms with Crippen LogP contribution in [0, 0.1) is 5.92 Å². The summed E-state index contributed by atoms with van der Waals surface area (Å²) in [4.78, 5) is 10.7. The molecule has 0 aliphatic carbocycles. The fraction of sp³-hybridized carbons (Fsp3) is 0.667. The number of hydrogen-bond acceptors (Lipinski definition) is 4. The molecule has 1 aliphatic rings. The molecule has 88 valence electrons. The summed E-state index contributed by atoms with van der Waals surface area (Å²) in [5.74, 6) is 0.710. The summed E-state index contributed by atoms with van der Waals surface area (Å²) in [5.41, 5.74) is 1.12. The van der Waals surface area contributed by atoms with E-state index >= 15 is 0 Å². The molecule has 1 unspecified atom stereocenters. The van der Waals surface area contributed by atoms with Gasteiger partial charge in [-0.05, 0) is 38.0 Å². The molecule has 1 N–H and O–H groups in total. The van der Waals surface area contributed by atoms with Crippen LogP contribution >= 0.6 is 0 Å². The monoisotopic (exact) mass is 220 g/mol. The van der Waals surface area contributed by atoms with Crippen molar-refractivity contribution >= 4 is 0 Å². The summed E-state index contributed by atoms with van der Waals surface area (Å²) in [7, 11) is 0. The van der Waals surface area contributed by atoms with Crippen molar-refractivity contribution in [2.45, 2.75) is 19.9 Å². The average molecular weight is 220 g/mol. The third-order valence-electron chi connectivity index (χ3n) is 2.92. The van der Waals surface area contributed by atoms with Crippen LogP contribution in [0.5, 0.6) is 0 Å². The molecule has 0 aromatic carbocycles. The van der Waals surface area contributed by atoms with Crippen LogP contribution in [0.1, 0.15) is 19.0 Å². The van der Waals surface area contributed by atoms with Crippen molar-refractivity contribution in [1.29, 1.82) is 0 Å². The van der Waals surface area contributed by atoms with E-state index in [1.165, 1.54) is 6.42 Å². The summed E-state index contributed by atoms with van der Waals surface area (Å²) >= 11 is 0. The largest absolute Gasteiger partial charge is 0.316 e. The molecule has 4 nitrogen and oxygen atoms in total. The SMILES string of the molecule is CC1CNCCCN(Cc2ccncn2)C1. The van der Waals surface area contributed by atoms with E-state index in [0.29, 0.717) is 5.92 Å². The maximum Gasteiger partial charge on any atom is 0.115 e. The van der Waals surface area contributed by atoms with Crippen LogP contribution in [0.2, 0.25) is 0 Å². The third-order valence-corrected chi connectivity index (χ3v) is 2.92. The van der Waals surface area contributed by atoms with Gasteiger partial charge < -0.3 is 5.32 Å². The smallest absolute Gasteiger partial charge is 0.115 e. The molecule has 1 atom stereocenters. The molecule has 1 aromatic heterocycles. The van der Waals surface area contributed by atoms with Gasteiger partial charge in [0.2, 0.25) is 0 Å². The zero-order chi connectivity index (χ0) is 11.2. The van der Waals surface area contributed by atoms with Gasteiger partial charge in [-0.25, -0.2) is 9.97 Å². The normalized spacial score (nSPS) is 23.7. The van der Waals surface area contributed by atoms with Gasteiger partial charge in [0, 0.05) is 19.3 Å². The quantitative estimate of drug-likeness (QED) is 0.804. The number of nitrogens with one attached hydrogen (secondary N) is 1. The highest BCUT2D eigenvalue weighted by molar-refractivity contribution is 4.97. The van der Waals surface area contributed by atoms with E-state index in [0.717, 1.165) is 38.4 Å². The van der Waals surface area contributed by atoms with Gasteiger partial charge in [0.05, 0.1) is 5.69 Å². The van der Waals surface area contributed by atoms with Crippen molar-refractivity contribution in [2.75, 3.05) is 26.2 Å². The maximum atomic E-state index is 4.28. The Balaban J connectivity index is 1.91. The molecule has 0 radical (unpaired) electrons. The van der Waals surface area contributed by atoms with Crippen LogP contribution < -0.4 is 5.32 Å². The second kappa shape index (κ2) is 5.92. The second-order valence-electron chi connectivity index (χ2n) is 4.60. The lowest BCUT2D eigenvalue weighted by Crippen LogP contribution is -2.38. The highest BCUT2D eigenvalue weighted by Crippen LogP contribution is 2.07. The Morgan fingerprint density at radius 2 is 2.50 bits per heavy atom. The summed E-state index contributed by atoms with van der Waals surface area (Å²) < 4.78 is 0. The Hall–Kier alpha value is -1.00. The predicted molar refractivity (Wildman–Crippen MR) is 64.0 cm³/mol. The highest BCUT2D eigenvalue weighted by atomic mass is 15.1. The molecule has 16 heavy (non-hydrogen) atoms. The van der Waals surface area contributed by atoms with E-state index in [4.69, 9.17) is 0 Å². The minimum absolute atomic E-state index is 0.710. The maximum absolute atomic E-state index is 4.28. The Kier molecular flexibility index (Phi) is 4.25. The van der Waals surface area contributed by atoms with E-state index in [-0.39, 0.29) is 0 Å². The molecule has 1 aromatic rings. The Morgan fingerprint density at radius 1 is 1.56 bits per heavy atom. The summed E-state index contributed by atoms with van der Waals surface area (Å²) in [5, 5.41) is 3.47. The summed E-state index contributed by atoms with van der Waals surface area (Å²) in [6.07, 6.45) is 4.67. The van der Waals surface area contributed by atoms with Crippen molar-refractivity contribution in [3.05, 3.63) is 24.3 Å². The van der Waals surface area contributed by atoms with Gasteiger partial charge >= 0.3 is 0 Å². The third kappa shape index (κ3) is 3.54. The topological polar surface area (TPSA) is 41.0 Å². The molecule has 0 spiro atoms. The lowest BCUT2D eigenvalue weighted by atomic mass is 10.1. The van der Waals surface area contributed by atoms with Gasteiger partial charge in [0.25, 0.3) is 0 Å². The predicted octanol–water partition coefficient (Wildman–Crippen LogP) is 0.908. The van der Waals surface area contributed by atoms with Crippen LogP contribution in [-0.2, 0) is 6.54 Å². The Labute approximate surface area is 97.1 Å². The van der Waals surface area contributed by atoms with Crippen LogP contribution in [-0.4, -0.2) is 41.0 Å². The molecular formula is C12H20N4. The zero-order valence-corrected chi connectivity index (χ0v) is 9.89. The summed E-state index contributed by atoms with van der Waals surface area (Å²) in [6, 6.07) is 2.00. The number of rotatable bonds is 2. The van der Waals surface area contributed by atoms with Crippen LogP contribution in [0.15, 0.2) is 18.6 Å². The van der Waals surface area contributed by atoms with Crippen molar-refractivity contribution in [3.63, 3.8) is 0 Å². The van der Waals surface area contributed by atoms with Gasteiger partial charge in [-0.1, -0.05) is 6.92 Å². The summed E-state index contributed by atoms with van der Waals surface area (Å²) in [6.45, 7) is 7.81. The molecule has 0 amide bonds. The minimum atomic E-state index is 0.710. The van der Waals surface area contributed by atoms with E-state index in [1.54, 1.807) is 6.33 Å². The lowest BCUT2D eigenvalue weighted by molar-refractivity contribution is 0.207. The first kappa shape index (κ1) is 11.5. The number of hydrogen-bond donors (Lipinski definition) is 1. The van der Waals surface area contributed by atoms with Crippen molar-refractivity contribution in [2.24, 2.45) is 5.92 Å². The Morgan fingerprint density at radius 3 is 3.31 bits per heavy atom. The van der Waals surface area contributed by atoms with Gasteiger partial charge in [-0.2, -0.15) is 0 Å². The first-order valence-corrected chi connectivity index (χ1v) is 6.02. The van der Waals surface area contributed by atoms with E-state index in [9.17, 15) is 0 Å². The molecule has 4 heteroatoms. The fourth-order valence-corrected chi connectivity index (χ4v) is 2.16. The van der Waals surface area contributed by atoms with Gasteiger partial charge in [0.1, 0.15) is 6.33 Å². The molecule has 0 bridgehead atoms. The molecule has 2 heterocycles. The van der Waals surface area contributed by atoms with E-state index < -0.39 is 0 Å². The van der Waals surface area contributed by atoms with Crippen LogP contribution in [0.4, 0.5) is 0 Å². The second-order valence-corrected chi connectivity index (χ2v) is 4.60. The molecule has 2 rings (SSSR count). The first-order valence-electron chi connectivity index (χ1n) is 6.02. The van der Waals surface area contributed by atoms with Crippen molar-refractivity contribution < 1.29 is 0 Å². The van der Waals surface area contributed by atoms with Gasteiger partial charge in [-0.3, -0.25) is 4.90 Å². The molecule has 1 aliphatic heterocycles. The average Bonchev–Trinajstić information content (AvgIpc) is 2.27. The molecule has 0 saturated carbocycles. The highest BCUT2D eigenvalue weighted by Gasteiger charge is 2.13. The van der Waals surface area contributed by atoms with E-state index in [1.807, 2.05) is 12.3 Å². The fourth-order valence-electron chi connectivity index (χ4n) is 2.16. The van der Waals surface area contributed by atoms with Gasteiger partial charge in [-0.15, -0.1) is 0 Å². The zero-order valence-electron chi connectivity index (χ0n) is 9.89. The number of aromatic nitrogens is 2. The first-order chi connectivity index (χ1) is 7.84. The van der Waals surface area contributed by atoms with E-state index in [2.05, 4.69) is 27.1 Å². The lowest BCUT2D eigenvalue weighted by Gasteiger charge is -2.28. The molecule has 1 saturated heterocycles. The standard InChI is InChI=1S/C12H20N4/c1-11-7-13-4-2-6-16(8-11)9-12-3-5-14-10-15-12/h3,5,10-11,13H,2,4,6-9H2,1H3.